The molecule has 1 atom stereocenters. The van der Waals surface area contributed by atoms with Gasteiger partial charge in [0, 0.05) is 25.7 Å². The molecule has 6 heteroatoms. The fraction of sp³-hybridized carbons (Fsp3) is 0.750. The van der Waals surface area contributed by atoms with E-state index in [9.17, 15) is 5.11 Å². The highest BCUT2D eigenvalue weighted by Gasteiger charge is 2.25. The predicted octanol–water partition coefficient (Wildman–Crippen LogP) is 1.44. The van der Waals surface area contributed by atoms with Crippen LogP contribution in [0.4, 0.5) is 11.6 Å². The molecule has 2 N–H and O–H groups in total. The summed E-state index contributed by atoms with van der Waals surface area (Å²) >= 11 is 0. The average Bonchev–Trinajstić information content (AvgIpc) is 2.93. The SMILES string of the molecule is CN(C)CC(C)(C)CNc1cc(N2CCC[C@H]2CO)ncn1. The fourth-order valence-corrected chi connectivity index (χ4v) is 3.17. The summed E-state index contributed by atoms with van der Waals surface area (Å²) in [4.78, 5) is 13.1. The van der Waals surface area contributed by atoms with Gasteiger partial charge in [0.2, 0.25) is 0 Å². The molecule has 0 spiro atoms. The second-order valence-electron chi connectivity index (χ2n) is 7.19. The highest BCUT2D eigenvalue weighted by atomic mass is 16.3. The molecule has 124 valence electrons. The summed E-state index contributed by atoms with van der Waals surface area (Å²) < 4.78 is 0. The summed E-state index contributed by atoms with van der Waals surface area (Å²) in [5.74, 6) is 1.75. The molecule has 1 aromatic rings. The number of anilines is 2. The molecule has 2 rings (SSSR count). The van der Waals surface area contributed by atoms with E-state index in [-0.39, 0.29) is 18.1 Å². The van der Waals surface area contributed by atoms with Gasteiger partial charge in [-0.25, -0.2) is 9.97 Å². The van der Waals surface area contributed by atoms with Crippen LogP contribution in [0.2, 0.25) is 0 Å². The first kappa shape index (κ1) is 17.0. The molecule has 0 unspecified atom stereocenters. The Morgan fingerprint density at radius 1 is 1.41 bits per heavy atom. The van der Waals surface area contributed by atoms with Crippen LogP contribution in [0.15, 0.2) is 12.4 Å². The van der Waals surface area contributed by atoms with Crippen LogP contribution in [-0.2, 0) is 0 Å². The van der Waals surface area contributed by atoms with E-state index in [2.05, 4.69) is 53.0 Å². The molecule has 0 saturated carbocycles. The van der Waals surface area contributed by atoms with Gasteiger partial charge in [-0.3, -0.25) is 0 Å². The summed E-state index contributed by atoms with van der Waals surface area (Å²) in [6.45, 7) is 7.48. The summed E-state index contributed by atoms with van der Waals surface area (Å²) in [6, 6.07) is 2.17. The molecule has 0 amide bonds. The third kappa shape index (κ3) is 4.55. The lowest BCUT2D eigenvalue weighted by atomic mass is 9.93. The van der Waals surface area contributed by atoms with Gasteiger partial charge >= 0.3 is 0 Å². The summed E-state index contributed by atoms with van der Waals surface area (Å²) in [6.07, 6.45) is 3.73. The van der Waals surface area contributed by atoms with Gasteiger partial charge in [0.25, 0.3) is 0 Å². The van der Waals surface area contributed by atoms with Crippen molar-refractivity contribution in [2.24, 2.45) is 5.41 Å². The van der Waals surface area contributed by atoms with Gasteiger partial charge in [0.05, 0.1) is 12.6 Å². The zero-order valence-corrected chi connectivity index (χ0v) is 14.2. The van der Waals surface area contributed by atoms with Gasteiger partial charge < -0.3 is 20.2 Å². The summed E-state index contributed by atoms with van der Waals surface area (Å²) in [7, 11) is 4.18. The maximum absolute atomic E-state index is 9.46. The Hall–Kier alpha value is -1.40. The minimum absolute atomic E-state index is 0.163. The molecule has 1 aromatic heterocycles. The number of hydrogen-bond donors (Lipinski definition) is 2. The number of hydrogen-bond acceptors (Lipinski definition) is 6. The van der Waals surface area contributed by atoms with Gasteiger partial charge in [-0.1, -0.05) is 13.8 Å². The number of aliphatic hydroxyl groups excluding tert-OH is 1. The highest BCUT2D eigenvalue weighted by molar-refractivity contribution is 5.49. The van der Waals surface area contributed by atoms with Crippen LogP contribution in [0.25, 0.3) is 0 Å². The predicted molar refractivity (Wildman–Crippen MR) is 90.3 cm³/mol. The standard InChI is InChI=1S/C16H29N5O/c1-16(2,11-20(3)4)10-17-14-8-15(19-12-18-14)21-7-5-6-13(21)9-22/h8,12-13,22H,5-7,9-11H2,1-4H3,(H,17,18,19)/t13-/m0/s1. The molecule has 1 saturated heterocycles. The van der Waals surface area contributed by atoms with Crippen molar-refractivity contribution in [1.29, 1.82) is 0 Å². The zero-order chi connectivity index (χ0) is 16.2. The molecule has 1 aliphatic rings. The van der Waals surface area contributed by atoms with Crippen molar-refractivity contribution in [3.63, 3.8) is 0 Å². The first-order valence-electron chi connectivity index (χ1n) is 7.99. The third-order valence-corrected chi connectivity index (χ3v) is 4.03. The summed E-state index contributed by atoms with van der Waals surface area (Å²) in [5, 5.41) is 12.9. The number of aromatic nitrogens is 2. The smallest absolute Gasteiger partial charge is 0.134 e. The largest absolute Gasteiger partial charge is 0.394 e. The Kier molecular flexibility index (Phi) is 5.58. The quantitative estimate of drug-likeness (QED) is 0.795. The Bertz CT molecular complexity index is 477. The lowest BCUT2D eigenvalue weighted by molar-refractivity contribution is 0.254. The van der Waals surface area contributed by atoms with Crippen LogP contribution >= 0.6 is 0 Å². The number of rotatable bonds is 7. The Morgan fingerprint density at radius 3 is 2.86 bits per heavy atom. The Morgan fingerprint density at radius 2 is 2.18 bits per heavy atom. The molecule has 0 bridgehead atoms. The first-order chi connectivity index (χ1) is 10.4. The molecule has 1 aliphatic heterocycles. The van der Waals surface area contributed by atoms with Crippen LogP contribution in [0.3, 0.4) is 0 Å². The van der Waals surface area contributed by atoms with Crippen molar-refractivity contribution in [2.45, 2.75) is 32.7 Å². The number of nitrogens with one attached hydrogen (secondary N) is 1. The minimum Gasteiger partial charge on any atom is -0.394 e. The fourth-order valence-electron chi connectivity index (χ4n) is 3.17. The maximum Gasteiger partial charge on any atom is 0.134 e. The molecule has 0 aliphatic carbocycles. The van der Waals surface area contributed by atoms with Crippen LogP contribution < -0.4 is 10.2 Å². The monoisotopic (exact) mass is 307 g/mol. The molecular weight excluding hydrogens is 278 g/mol. The van der Waals surface area contributed by atoms with Gasteiger partial charge in [0.1, 0.15) is 18.0 Å². The number of aliphatic hydroxyl groups is 1. The van der Waals surface area contributed by atoms with E-state index in [0.717, 1.165) is 44.1 Å². The third-order valence-electron chi connectivity index (χ3n) is 4.03. The maximum atomic E-state index is 9.46. The van der Waals surface area contributed by atoms with Crippen LogP contribution in [0.5, 0.6) is 0 Å². The van der Waals surface area contributed by atoms with Crippen molar-refractivity contribution < 1.29 is 5.11 Å². The van der Waals surface area contributed by atoms with Gasteiger partial charge in [-0.15, -0.1) is 0 Å². The molecule has 0 aromatic carbocycles. The van der Waals surface area contributed by atoms with Crippen LogP contribution in [-0.4, -0.2) is 66.4 Å². The van der Waals surface area contributed by atoms with Gasteiger partial charge in [-0.05, 0) is 32.4 Å². The molecule has 0 radical (unpaired) electrons. The zero-order valence-electron chi connectivity index (χ0n) is 14.2. The minimum atomic E-state index is 0.163. The topological polar surface area (TPSA) is 64.5 Å². The molecule has 1 fully saturated rings. The molecular formula is C16H29N5O. The lowest BCUT2D eigenvalue weighted by Gasteiger charge is -2.29. The first-order valence-corrected chi connectivity index (χ1v) is 7.99. The van der Waals surface area contributed by atoms with Crippen molar-refractivity contribution in [2.75, 3.05) is 50.6 Å². The Labute approximate surface area is 133 Å². The normalized spacial score (nSPS) is 19.0. The van der Waals surface area contributed by atoms with Crippen LogP contribution in [0, 0.1) is 5.41 Å². The Balaban J connectivity index is 2.00. The van der Waals surface area contributed by atoms with E-state index in [1.54, 1.807) is 6.33 Å². The lowest BCUT2D eigenvalue weighted by Crippen LogP contribution is -2.35. The van der Waals surface area contributed by atoms with E-state index in [1.165, 1.54) is 0 Å². The number of nitrogens with zero attached hydrogens (tertiary/aromatic N) is 4. The van der Waals surface area contributed by atoms with E-state index in [4.69, 9.17) is 0 Å². The summed E-state index contributed by atoms with van der Waals surface area (Å²) in [5.41, 5.74) is 0.163. The molecule has 22 heavy (non-hydrogen) atoms. The van der Waals surface area contributed by atoms with E-state index in [0.29, 0.717) is 0 Å². The van der Waals surface area contributed by atoms with Crippen molar-refractivity contribution in [3.8, 4) is 0 Å². The average molecular weight is 307 g/mol. The van der Waals surface area contributed by atoms with Crippen molar-refractivity contribution >= 4 is 11.6 Å². The van der Waals surface area contributed by atoms with Crippen LogP contribution in [0.1, 0.15) is 26.7 Å². The van der Waals surface area contributed by atoms with Crippen molar-refractivity contribution in [1.82, 2.24) is 14.9 Å². The second kappa shape index (κ2) is 7.24. The van der Waals surface area contributed by atoms with E-state index >= 15 is 0 Å². The molecule has 2 heterocycles. The van der Waals surface area contributed by atoms with E-state index in [1.807, 2.05) is 6.07 Å². The second-order valence-corrected chi connectivity index (χ2v) is 7.19. The molecule has 6 nitrogen and oxygen atoms in total. The van der Waals surface area contributed by atoms with Crippen molar-refractivity contribution in [3.05, 3.63) is 12.4 Å². The van der Waals surface area contributed by atoms with Gasteiger partial charge in [0.15, 0.2) is 0 Å². The van der Waals surface area contributed by atoms with E-state index < -0.39 is 0 Å². The highest BCUT2D eigenvalue weighted by Crippen LogP contribution is 2.25. The van der Waals surface area contributed by atoms with Gasteiger partial charge in [-0.2, -0.15) is 0 Å².